The van der Waals surface area contributed by atoms with Gasteiger partial charge >= 0.3 is 0 Å². The van der Waals surface area contributed by atoms with E-state index in [4.69, 9.17) is 5.73 Å². The molecule has 1 atom stereocenters. The summed E-state index contributed by atoms with van der Waals surface area (Å²) < 4.78 is 0. The van der Waals surface area contributed by atoms with Crippen molar-refractivity contribution in [2.24, 2.45) is 11.7 Å². The maximum atomic E-state index is 5.71. The molecular formula is C10H22N2. The van der Waals surface area contributed by atoms with Crippen LogP contribution < -0.4 is 11.1 Å². The van der Waals surface area contributed by atoms with Gasteiger partial charge in [0.05, 0.1) is 0 Å². The Morgan fingerprint density at radius 3 is 2.33 bits per heavy atom. The first-order valence-electron chi connectivity index (χ1n) is 5.09. The van der Waals surface area contributed by atoms with Crippen molar-refractivity contribution >= 4 is 0 Å². The summed E-state index contributed by atoms with van der Waals surface area (Å²) in [5, 5.41) is 3.60. The van der Waals surface area contributed by atoms with Crippen molar-refractivity contribution in [2.75, 3.05) is 0 Å². The molecule has 0 aromatic heterocycles. The zero-order chi connectivity index (χ0) is 9.14. The van der Waals surface area contributed by atoms with Crippen LogP contribution in [0.25, 0.3) is 0 Å². The van der Waals surface area contributed by atoms with Crippen LogP contribution in [0.3, 0.4) is 0 Å². The molecule has 0 bridgehead atoms. The smallest absolute Gasteiger partial charge is 0.00990 e. The molecule has 1 rings (SSSR count). The lowest BCUT2D eigenvalue weighted by atomic mass is 9.86. The van der Waals surface area contributed by atoms with Gasteiger partial charge in [0, 0.05) is 18.1 Å². The van der Waals surface area contributed by atoms with E-state index in [9.17, 15) is 0 Å². The molecule has 1 aliphatic rings. The summed E-state index contributed by atoms with van der Waals surface area (Å²) >= 11 is 0. The molecule has 1 fully saturated rings. The lowest BCUT2D eigenvalue weighted by Crippen LogP contribution is -2.51. The van der Waals surface area contributed by atoms with Crippen LogP contribution in [-0.4, -0.2) is 18.1 Å². The van der Waals surface area contributed by atoms with Crippen molar-refractivity contribution in [3.8, 4) is 0 Å². The van der Waals surface area contributed by atoms with E-state index >= 15 is 0 Å². The Hall–Kier alpha value is -0.0800. The van der Waals surface area contributed by atoms with E-state index in [-0.39, 0.29) is 0 Å². The predicted molar refractivity (Wildman–Crippen MR) is 53.1 cm³/mol. The molecule has 2 heteroatoms. The lowest BCUT2D eigenvalue weighted by Gasteiger charge is -2.35. The van der Waals surface area contributed by atoms with E-state index in [2.05, 4.69) is 26.1 Å². The van der Waals surface area contributed by atoms with E-state index < -0.39 is 0 Å². The zero-order valence-corrected chi connectivity index (χ0v) is 8.51. The average Bonchev–Trinajstić information content (AvgIpc) is 1.82. The Morgan fingerprint density at radius 1 is 1.33 bits per heavy atom. The van der Waals surface area contributed by atoms with E-state index in [1.165, 1.54) is 19.3 Å². The third-order valence-electron chi connectivity index (χ3n) is 2.52. The average molecular weight is 170 g/mol. The van der Waals surface area contributed by atoms with E-state index in [0.29, 0.717) is 18.1 Å². The van der Waals surface area contributed by atoms with Gasteiger partial charge in [-0.3, -0.25) is 0 Å². The highest BCUT2D eigenvalue weighted by Crippen LogP contribution is 2.18. The Morgan fingerprint density at radius 2 is 1.92 bits per heavy atom. The normalized spacial score (nSPS) is 31.8. The Labute approximate surface area is 75.9 Å². The molecule has 72 valence electrons. The summed E-state index contributed by atoms with van der Waals surface area (Å²) in [6.45, 7) is 6.80. The van der Waals surface area contributed by atoms with Crippen LogP contribution in [0.1, 0.15) is 40.0 Å². The largest absolute Gasteiger partial charge is 0.328 e. The second kappa shape index (κ2) is 4.24. The zero-order valence-electron chi connectivity index (χ0n) is 8.51. The minimum absolute atomic E-state index is 0.466. The first-order chi connectivity index (χ1) is 5.58. The van der Waals surface area contributed by atoms with Crippen molar-refractivity contribution in [1.82, 2.24) is 5.32 Å². The van der Waals surface area contributed by atoms with Crippen molar-refractivity contribution in [1.29, 1.82) is 0 Å². The molecule has 0 heterocycles. The van der Waals surface area contributed by atoms with Crippen LogP contribution in [0.15, 0.2) is 0 Å². The maximum absolute atomic E-state index is 5.71. The van der Waals surface area contributed by atoms with Gasteiger partial charge in [-0.05, 0) is 32.1 Å². The molecule has 1 unspecified atom stereocenters. The summed E-state index contributed by atoms with van der Waals surface area (Å²) in [5.74, 6) is 0.793. The van der Waals surface area contributed by atoms with Gasteiger partial charge in [0.15, 0.2) is 0 Å². The highest BCUT2D eigenvalue weighted by molar-refractivity contribution is 4.88. The molecule has 0 aromatic carbocycles. The summed E-state index contributed by atoms with van der Waals surface area (Å²) in [7, 11) is 0. The topological polar surface area (TPSA) is 38.0 Å². The highest BCUT2D eigenvalue weighted by Gasteiger charge is 2.26. The second-order valence-corrected chi connectivity index (χ2v) is 4.63. The molecule has 0 amide bonds. The van der Waals surface area contributed by atoms with Gasteiger partial charge < -0.3 is 11.1 Å². The number of hydrogen-bond donors (Lipinski definition) is 2. The quantitative estimate of drug-likeness (QED) is 0.671. The lowest BCUT2D eigenvalue weighted by molar-refractivity contribution is 0.259. The first-order valence-corrected chi connectivity index (χ1v) is 5.09. The highest BCUT2D eigenvalue weighted by atomic mass is 15.0. The number of nitrogens with two attached hydrogens (primary N) is 1. The molecule has 1 saturated carbocycles. The summed E-state index contributed by atoms with van der Waals surface area (Å²) in [6, 6.07) is 1.82. The molecule has 0 radical (unpaired) electrons. The molecule has 0 saturated heterocycles. The monoisotopic (exact) mass is 170 g/mol. The molecule has 0 aromatic rings. The van der Waals surface area contributed by atoms with E-state index in [1.807, 2.05) is 0 Å². The summed E-state index contributed by atoms with van der Waals surface area (Å²) in [6.07, 6.45) is 3.61. The predicted octanol–water partition coefficient (Wildman–Crippen LogP) is 1.50. The maximum Gasteiger partial charge on any atom is 0.00990 e. The fourth-order valence-electron chi connectivity index (χ4n) is 1.98. The minimum Gasteiger partial charge on any atom is -0.328 e. The molecule has 1 aliphatic carbocycles. The molecule has 3 N–H and O–H groups in total. The minimum atomic E-state index is 0.466. The van der Waals surface area contributed by atoms with Crippen LogP contribution in [0.2, 0.25) is 0 Å². The third-order valence-corrected chi connectivity index (χ3v) is 2.52. The van der Waals surface area contributed by atoms with E-state index in [1.54, 1.807) is 0 Å². The van der Waals surface area contributed by atoms with Crippen LogP contribution in [-0.2, 0) is 0 Å². The molecule has 12 heavy (non-hydrogen) atoms. The summed E-state index contributed by atoms with van der Waals surface area (Å²) in [5.41, 5.74) is 5.71. The van der Waals surface area contributed by atoms with Crippen molar-refractivity contribution in [3.05, 3.63) is 0 Å². The van der Waals surface area contributed by atoms with Crippen molar-refractivity contribution in [3.63, 3.8) is 0 Å². The second-order valence-electron chi connectivity index (χ2n) is 4.63. The Balaban J connectivity index is 2.06. The van der Waals surface area contributed by atoms with Crippen molar-refractivity contribution in [2.45, 2.75) is 58.2 Å². The van der Waals surface area contributed by atoms with Gasteiger partial charge in [0.1, 0.15) is 0 Å². The van der Waals surface area contributed by atoms with E-state index in [0.717, 1.165) is 5.92 Å². The van der Waals surface area contributed by atoms with Crippen LogP contribution >= 0.6 is 0 Å². The summed E-state index contributed by atoms with van der Waals surface area (Å²) in [4.78, 5) is 0. The van der Waals surface area contributed by atoms with Gasteiger partial charge in [0.2, 0.25) is 0 Å². The van der Waals surface area contributed by atoms with Gasteiger partial charge in [-0.15, -0.1) is 0 Å². The number of rotatable bonds is 4. The standard InChI is InChI=1S/C10H22N2/c1-7(2)4-8(3)12-10-5-9(11)6-10/h7-10,12H,4-6,11H2,1-3H3. The van der Waals surface area contributed by atoms with Gasteiger partial charge in [0.25, 0.3) is 0 Å². The number of hydrogen-bond acceptors (Lipinski definition) is 2. The van der Waals surface area contributed by atoms with Crippen molar-refractivity contribution < 1.29 is 0 Å². The molecular weight excluding hydrogens is 148 g/mol. The molecule has 0 aliphatic heterocycles. The third kappa shape index (κ3) is 3.11. The first kappa shape index (κ1) is 10.0. The SMILES string of the molecule is CC(C)CC(C)NC1CC(N)C1. The Kier molecular flexibility index (Phi) is 3.53. The molecule has 0 spiro atoms. The van der Waals surface area contributed by atoms with Gasteiger partial charge in [-0.25, -0.2) is 0 Å². The van der Waals surface area contributed by atoms with Crippen LogP contribution in [0, 0.1) is 5.92 Å². The van der Waals surface area contributed by atoms with Crippen LogP contribution in [0.4, 0.5) is 0 Å². The fraction of sp³-hybridized carbons (Fsp3) is 1.00. The fourth-order valence-corrected chi connectivity index (χ4v) is 1.98. The number of nitrogens with one attached hydrogen (secondary N) is 1. The molecule has 2 nitrogen and oxygen atoms in total. The van der Waals surface area contributed by atoms with Gasteiger partial charge in [-0.2, -0.15) is 0 Å². The van der Waals surface area contributed by atoms with Gasteiger partial charge in [-0.1, -0.05) is 13.8 Å². The Bertz CT molecular complexity index is 128. The van der Waals surface area contributed by atoms with Crippen LogP contribution in [0.5, 0.6) is 0 Å².